The van der Waals surface area contributed by atoms with Gasteiger partial charge in [0.25, 0.3) is 0 Å². The van der Waals surface area contributed by atoms with E-state index in [0.717, 1.165) is 29.7 Å². The van der Waals surface area contributed by atoms with E-state index >= 15 is 0 Å². The van der Waals surface area contributed by atoms with Crippen LogP contribution in [0.25, 0.3) is 11.1 Å². The van der Waals surface area contributed by atoms with Gasteiger partial charge in [-0.3, -0.25) is 14.5 Å². The van der Waals surface area contributed by atoms with Gasteiger partial charge in [0.2, 0.25) is 0 Å². The fourth-order valence-corrected chi connectivity index (χ4v) is 5.05. The lowest BCUT2D eigenvalue weighted by atomic mass is 9.95. The van der Waals surface area contributed by atoms with Crippen LogP contribution in [-0.2, 0) is 4.79 Å². The molecule has 0 spiro atoms. The number of carboxylic acids is 1. The van der Waals surface area contributed by atoms with Crippen LogP contribution in [-0.4, -0.2) is 36.5 Å². The van der Waals surface area contributed by atoms with Crippen molar-refractivity contribution in [1.82, 2.24) is 5.32 Å². The Morgan fingerprint density at radius 1 is 0.795 bits per heavy atom. The molecule has 0 radical (unpaired) electrons. The zero-order valence-corrected chi connectivity index (χ0v) is 25.7. The molecule has 44 heavy (non-hydrogen) atoms. The second-order valence-corrected chi connectivity index (χ2v) is 11.0. The number of rotatable bonds is 14. The molecular weight excluding hydrogens is 550 g/mol. The van der Waals surface area contributed by atoms with E-state index in [9.17, 15) is 19.5 Å². The number of hydrogen-bond acceptors (Lipinski definition) is 4. The van der Waals surface area contributed by atoms with Gasteiger partial charge >= 0.3 is 12.0 Å². The van der Waals surface area contributed by atoms with Gasteiger partial charge in [-0.1, -0.05) is 99.3 Å². The maximum atomic E-state index is 13.4. The van der Waals surface area contributed by atoms with E-state index in [1.807, 2.05) is 78.9 Å². The second kappa shape index (κ2) is 15.5. The second-order valence-electron chi connectivity index (χ2n) is 11.0. The third-order valence-electron chi connectivity index (χ3n) is 7.80. The zero-order chi connectivity index (χ0) is 31.5. The maximum absolute atomic E-state index is 13.4. The minimum atomic E-state index is -0.927. The van der Waals surface area contributed by atoms with Gasteiger partial charge in [0, 0.05) is 47.3 Å². The first-order valence-corrected chi connectivity index (χ1v) is 15.2. The molecule has 3 N–H and O–H groups in total. The average molecular weight is 592 g/mol. The van der Waals surface area contributed by atoms with Gasteiger partial charge in [-0.05, 0) is 54.8 Å². The van der Waals surface area contributed by atoms with Crippen molar-refractivity contribution in [2.24, 2.45) is 0 Å². The molecule has 0 heterocycles. The van der Waals surface area contributed by atoms with Gasteiger partial charge in [-0.25, -0.2) is 4.79 Å². The molecule has 2 amide bonds. The summed E-state index contributed by atoms with van der Waals surface area (Å²) in [5, 5.41) is 16.1. The Labute approximate surface area is 259 Å². The van der Waals surface area contributed by atoms with Crippen molar-refractivity contribution in [1.29, 1.82) is 0 Å². The molecule has 0 saturated heterocycles. The third-order valence-corrected chi connectivity index (χ3v) is 7.80. The Balaban J connectivity index is 1.65. The number of amides is 2. The number of para-hydroxylation sites is 1. The number of nitrogens with zero attached hydrogens (tertiary/aromatic N) is 1. The molecule has 0 fully saturated rings. The highest BCUT2D eigenvalue weighted by Crippen LogP contribution is 2.36. The molecule has 0 aliphatic carbocycles. The van der Waals surface area contributed by atoms with Crippen molar-refractivity contribution in [2.75, 3.05) is 23.8 Å². The Morgan fingerprint density at radius 3 is 2.27 bits per heavy atom. The summed E-state index contributed by atoms with van der Waals surface area (Å²) in [7, 11) is 1.74. The SMILES string of the molecule is CCCCCCCNC(=O)N(C)c1cccc(-c2ccc(C(C)C(=O)O)cc2Nc2ccccc2C(=O)c2ccccc2)c1. The smallest absolute Gasteiger partial charge is 0.321 e. The van der Waals surface area contributed by atoms with E-state index in [2.05, 4.69) is 17.6 Å². The number of anilines is 3. The van der Waals surface area contributed by atoms with Gasteiger partial charge < -0.3 is 15.7 Å². The first-order valence-electron chi connectivity index (χ1n) is 15.2. The number of hydrogen-bond donors (Lipinski definition) is 3. The van der Waals surface area contributed by atoms with Crippen molar-refractivity contribution >= 4 is 34.8 Å². The molecule has 4 aromatic carbocycles. The van der Waals surface area contributed by atoms with Crippen LogP contribution >= 0.6 is 0 Å². The lowest BCUT2D eigenvalue weighted by Crippen LogP contribution is -2.37. The van der Waals surface area contributed by atoms with Gasteiger partial charge in [0.05, 0.1) is 5.92 Å². The molecule has 4 rings (SSSR count). The van der Waals surface area contributed by atoms with Crippen molar-refractivity contribution in [2.45, 2.75) is 51.9 Å². The number of nitrogens with one attached hydrogen (secondary N) is 2. The molecule has 7 nitrogen and oxygen atoms in total. The standard InChI is InChI=1S/C37H41N3O4/c1-4-5-6-7-13-23-38-37(44)40(3)30-18-14-17-29(24-30)31-22-21-28(26(2)36(42)43)25-34(31)39-33-20-12-11-19-32(33)35(41)27-15-9-8-10-16-27/h8-12,14-22,24-26,39H,4-7,13,23H2,1-3H3,(H,38,44)(H,42,43). The molecular formula is C37H41N3O4. The van der Waals surface area contributed by atoms with Crippen LogP contribution in [0.4, 0.5) is 21.9 Å². The third kappa shape index (κ3) is 8.13. The number of ketones is 1. The van der Waals surface area contributed by atoms with E-state index in [0.29, 0.717) is 34.6 Å². The molecule has 228 valence electrons. The van der Waals surface area contributed by atoms with Gasteiger partial charge in [-0.2, -0.15) is 0 Å². The normalized spacial score (nSPS) is 11.4. The summed E-state index contributed by atoms with van der Waals surface area (Å²) in [6, 6.07) is 29.4. The average Bonchev–Trinajstić information content (AvgIpc) is 3.05. The highest BCUT2D eigenvalue weighted by molar-refractivity contribution is 6.12. The lowest BCUT2D eigenvalue weighted by Gasteiger charge is -2.21. The van der Waals surface area contributed by atoms with Gasteiger partial charge in [0.1, 0.15) is 0 Å². The zero-order valence-electron chi connectivity index (χ0n) is 25.7. The van der Waals surface area contributed by atoms with Crippen LogP contribution in [0.5, 0.6) is 0 Å². The summed E-state index contributed by atoms with van der Waals surface area (Å²) in [6.07, 6.45) is 5.62. The van der Waals surface area contributed by atoms with Gasteiger partial charge in [0.15, 0.2) is 5.78 Å². The Morgan fingerprint density at radius 2 is 1.52 bits per heavy atom. The summed E-state index contributed by atoms with van der Waals surface area (Å²) in [4.78, 5) is 39.8. The van der Waals surface area contributed by atoms with Gasteiger partial charge in [-0.15, -0.1) is 0 Å². The van der Waals surface area contributed by atoms with Crippen molar-refractivity contribution < 1.29 is 19.5 Å². The number of carboxylic acid groups (broad SMARTS) is 1. The molecule has 0 aliphatic rings. The van der Waals surface area contributed by atoms with E-state index in [-0.39, 0.29) is 11.8 Å². The molecule has 0 saturated carbocycles. The predicted octanol–water partition coefficient (Wildman–Crippen LogP) is 8.63. The Kier molecular flexibility index (Phi) is 11.3. The summed E-state index contributed by atoms with van der Waals surface area (Å²) < 4.78 is 0. The molecule has 0 bridgehead atoms. The van der Waals surface area contributed by atoms with Crippen molar-refractivity contribution in [3.8, 4) is 11.1 Å². The topological polar surface area (TPSA) is 98.7 Å². The maximum Gasteiger partial charge on any atom is 0.321 e. The summed E-state index contributed by atoms with van der Waals surface area (Å²) in [5.74, 6) is -1.78. The van der Waals surface area contributed by atoms with Crippen LogP contribution in [0.2, 0.25) is 0 Å². The number of unbranched alkanes of at least 4 members (excludes halogenated alkanes) is 4. The monoisotopic (exact) mass is 591 g/mol. The lowest BCUT2D eigenvalue weighted by molar-refractivity contribution is -0.138. The summed E-state index contributed by atoms with van der Waals surface area (Å²) >= 11 is 0. The molecule has 0 aliphatic heterocycles. The number of carbonyl (C=O) groups is 3. The van der Waals surface area contributed by atoms with E-state index < -0.39 is 11.9 Å². The minimum Gasteiger partial charge on any atom is -0.481 e. The van der Waals surface area contributed by atoms with Crippen LogP contribution in [0.3, 0.4) is 0 Å². The van der Waals surface area contributed by atoms with Crippen molar-refractivity contribution in [3.05, 3.63) is 114 Å². The molecule has 0 aromatic heterocycles. The number of aliphatic carboxylic acids is 1. The Bertz CT molecular complexity index is 1580. The van der Waals surface area contributed by atoms with Crippen LogP contribution in [0, 0.1) is 0 Å². The number of urea groups is 1. The highest BCUT2D eigenvalue weighted by atomic mass is 16.4. The van der Waals surface area contributed by atoms with Crippen LogP contribution in [0.1, 0.15) is 73.4 Å². The van der Waals surface area contributed by atoms with Crippen LogP contribution in [0.15, 0.2) is 97.1 Å². The summed E-state index contributed by atoms with van der Waals surface area (Å²) in [5.41, 5.74) is 5.33. The largest absolute Gasteiger partial charge is 0.481 e. The highest BCUT2D eigenvalue weighted by Gasteiger charge is 2.19. The molecule has 1 unspecified atom stereocenters. The summed E-state index contributed by atoms with van der Waals surface area (Å²) in [6.45, 7) is 4.46. The van der Waals surface area contributed by atoms with Crippen LogP contribution < -0.4 is 15.5 Å². The fraction of sp³-hybridized carbons (Fsp3) is 0.270. The Hall–Kier alpha value is -4.91. The number of carbonyl (C=O) groups excluding carboxylic acids is 2. The molecule has 4 aromatic rings. The van der Waals surface area contributed by atoms with Crippen molar-refractivity contribution in [3.63, 3.8) is 0 Å². The minimum absolute atomic E-state index is 0.120. The molecule has 7 heteroatoms. The van der Waals surface area contributed by atoms with E-state index in [4.69, 9.17) is 0 Å². The number of benzene rings is 4. The predicted molar refractivity (Wildman–Crippen MR) is 178 cm³/mol. The first kappa shape index (κ1) is 32.0. The first-order chi connectivity index (χ1) is 21.3. The van der Waals surface area contributed by atoms with E-state index in [1.54, 1.807) is 37.1 Å². The molecule has 1 atom stereocenters. The van der Waals surface area contributed by atoms with E-state index in [1.165, 1.54) is 19.3 Å². The fourth-order valence-electron chi connectivity index (χ4n) is 5.05. The quantitative estimate of drug-likeness (QED) is 0.101.